The number of phenolic OH excluding ortho intramolecular Hbond substituents is 1. The molecule has 3 rings (SSSR count). The number of aliphatic hydroxyl groups is 1. The van der Waals surface area contributed by atoms with Crippen LogP contribution in [0, 0.1) is 0 Å². The van der Waals surface area contributed by atoms with Crippen molar-refractivity contribution < 1.29 is 34.0 Å². The number of carbonyl (C=O) groups is 2. The van der Waals surface area contributed by atoms with Crippen molar-refractivity contribution in [1.29, 1.82) is 0 Å². The van der Waals surface area contributed by atoms with Crippen molar-refractivity contribution in [3.63, 3.8) is 0 Å². The summed E-state index contributed by atoms with van der Waals surface area (Å²) in [4.78, 5) is 27.1. The molecule has 2 aromatic carbocycles. The quantitative estimate of drug-likeness (QED) is 0.268. The van der Waals surface area contributed by atoms with Crippen molar-refractivity contribution in [3.05, 3.63) is 71.8 Å². The SMILES string of the molecule is C=CCOc1ccc(/C(O)=C2/C(=O)C(=O)N(CCOC)C2c2ccc(O)c(OC)c2)cc1. The third kappa shape index (κ3) is 4.45. The number of hydrogen-bond acceptors (Lipinski definition) is 7. The summed E-state index contributed by atoms with van der Waals surface area (Å²) >= 11 is 0. The summed E-state index contributed by atoms with van der Waals surface area (Å²) in [5, 5.41) is 21.0. The van der Waals surface area contributed by atoms with Crippen LogP contribution in [0.4, 0.5) is 0 Å². The summed E-state index contributed by atoms with van der Waals surface area (Å²) < 4.78 is 15.7. The fraction of sp³-hybridized carbons (Fsp3) is 0.250. The zero-order valence-electron chi connectivity index (χ0n) is 17.9. The maximum atomic E-state index is 12.9. The van der Waals surface area contributed by atoms with Gasteiger partial charge in [-0.05, 0) is 42.0 Å². The van der Waals surface area contributed by atoms with Crippen LogP contribution in [0.5, 0.6) is 17.2 Å². The number of methoxy groups -OCH3 is 2. The number of Topliss-reactive ketones (excluding diaryl/α,β-unsaturated/α-hetero) is 1. The van der Waals surface area contributed by atoms with E-state index in [0.717, 1.165) is 0 Å². The zero-order chi connectivity index (χ0) is 23.3. The lowest BCUT2D eigenvalue weighted by atomic mass is 9.95. The molecule has 32 heavy (non-hydrogen) atoms. The lowest BCUT2D eigenvalue weighted by Gasteiger charge is -2.25. The van der Waals surface area contributed by atoms with E-state index >= 15 is 0 Å². The molecule has 8 heteroatoms. The lowest BCUT2D eigenvalue weighted by Crippen LogP contribution is -2.32. The Morgan fingerprint density at radius 2 is 1.88 bits per heavy atom. The first-order valence-corrected chi connectivity index (χ1v) is 9.91. The third-order valence-corrected chi connectivity index (χ3v) is 5.09. The van der Waals surface area contributed by atoms with Crippen molar-refractivity contribution >= 4 is 17.4 Å². The second-order valence-electron chi connectivity index (χ2n) is 7.04. The van der Waals surface area contributed by atoms with E-state index in [1.807, 2.05) is 0 Å². The van der Waals surface area contributed by atoms with Crippen molar-refractivity contribution in [3.8, 4) is 17.2 Å². The topological polar surface area (TPSA) is 106 Å². The maximum Gasteiger partial charge on any atom is 0.295 e. The average molecular weight is 439 g/mol. The summed E-state index contributed by atoms with van der Waals surface area (Å²) in [5.41, 5.74) is 0.803. The van der Waals surface area contributed by atoms with Crippen molar-refractivity contribution in [2.24, 2.45) is 0 Å². The van der Waals surface area contributed by atoms with Gasteiger partial charge in [-0.3, -0.25) is 9.59 Å². The van der Waals surface area contributed by atoms with E-state index in [4.69, 9.17) is 14.2 Å². The number of likely N-dealkylation sites (tertiary alicyclic amines) is 1. The maximum absolute atomic E-state index is 12.9. The summed E-state index contributed by atoms with van der Waals surface area (Å²) in [7, 11) is 2.89. The lowest BCUT2D eigenvalue weighted by molar-refractivity contribution is -0.140. The van der Waals surface area contributed by atoms with Crippen molar-refractivity contribution in [2.45, 2.75) is 6.04 Å². The number of hydrogen-bond donors (Lipinski definition) is 2. The fourth-order valence-corrected chi connectivity index (χ4v) is 3.53. The molecular weight excluding hydrogens is 414 g/mol. The Bertz CT molecular complexity index is 1040. The van der Waals surface area contributed by atoms with Gasteiger partial charge in [0.2, 0.25) is 0 Å². The number of benzene rings is 2. The van der Waals surface area contributed by atoms with E-state index in [2.05, 4.69) is 6.58 Å². The molecule has 1 aliphatic rings. The van der Waals surface area contributed by atoms with Gasteiger partial charge in [-0.2, -0.15) is 0 Å². The minimum atomic E-state index is -0.878. The van der Waals surface area contributed by atoms with Crippen LogP contribution >= 0.6 is 0 Å². The van der Waals surface area contributed by atoms with E-state index in [0.29, 0.717) is 23.5 Å². The number of aromatic hydroxyl groups is 1. The molecule has 1 heterocycles. The Morgan fingerprint density at radius 1 is 1.16 bits per heavy atom. The fourth-order valence-electron chi connectivity index (χ4n) is 3.53. The minimum Gasteiger partial charge on any atom is -0.507 e. The first kappa shape index (κ1) is 22.9. The molecule has 1 atom stereocenters. The van der Waals surface area contributed by atoms with Crippen LogP contribution in [0.25, 0.3) is 5.76 Å². The first-order chi connectivity index (χ1) is 15.4. The molecule has 1 saturated heterocycles. The molecule has 0 spiro atoms. The van der Waals surface area contributed by atoms with Crippen LogP contribution < -0.4 is 9.47 Å². The Kier molecular flexibility index (Phi) is 7.17. The third-order valence-electron chi connectivity index (χ3n) is 5.09. The van der Waals surface area contributed by atoms with Gasteiger partial charge in [0.15, 0.2) is 11.5 Å². The van der Waals surface area contributed by atoms with E-state index in [9.17, 15) is 19.8 Å². The normalized spacial score (nSPS) is 17.4. The number of aliphatic hydroxyl groups excluding tert-OH is 1. The smallest absolute Gasteiger partial charge is 0.295 e. The largest absolute Gasteiger partial charge is 0.507 e. The van der Waals surface area contributed by atoms with Gasteiger partial charge in [0.1, 0.15) is 18.1 Å². The van der Waals surface area contributed by atoms with E-state index in [1.54, 1.807) is 36.4 Å². The van der Waals surface area contributed by atoms with Crippen molar-refractivity contribution in [2.75, 3.05) is 34.0 Å². The number of ketones is 1. The molecule has 2 aromatic rings. The standard InChI is InChI=1S/C24H25NO7/c1-4-12-32-17-8-5-15(6-9-17)22(27)20-21(16-7-10-18(26)19(14-16)31-3)25(11-13-30-2)24(29)23(20)28/h4-10,14,21,26-27H,1,11-13H2,2-3H3/b22-20-. The first-order valence-electron chi connectivity index (χ1n) is 9.91. The molecule has 168 valence electrons. The van der Waals surface area contributed by atoms with Gasteiger partial charge in [0.25, 0.3) is 11.7 Å². The van der Waals surface area contributed by atoms with Gasteiger partial charge in [-0.15, -0.1) is 0 Å². The van der Waals surface area contributed by atoms with E-state index in [1.165, 1.54) is 31.3 Å². The predicted octanol–water partition coefficient (Wildman–Crippen LogP) is 3.03. The van der Waals surface area contributed by atoms with E-state index in [-0.39, 0.29) is 36.0 Å². The van der Waals surface area contributed by atoms with E-state index < -0.39 is 17.7 Å². The molecule has 1 unspecified atom stereocenters. The van der Waals surface area contributed by atoms with Crippen LogP contribution in [0.2, 0.25) is 0 Å². The van der Waals surface area contributed by atoms with Crippen LogP contribution in [-0.2, 0) is 14.3 Å². The molecule has 0 aromatic heterocycles. The van der Waals surface area contributed by atoms with Gasteiger partial charge >= 0.3 is 0 Å². The number of phenols is 1. The Hall–Kier alpha value is -3.78. The minimum absolute atomic E-state index is 0.0568. The summed E-state index contributed by atoms with van der Waals surface area (Å²) in [6.45, 7) is 4.27. The Labute approximate surface area is 185 Å². The number of nitrogens with zero attached hydrogens (tertiary/aromatic N) is 1. The van der Waals surface area contributed by atoms with Crippen molar-refractivity contribution in [1.82, 2.24) is 4.90 Å². The predicted molar refractivity (Wildman–Crippen MR) is 118 cm³/mol. The zero-order valence-corrected chi connectivity index (χ0v) is 17.9. The van der Waals surface area contributed by atoms with Crippen LogP contribution in [0.15, 0.2) is 60.7 Å². The highest BCUT2D eigenvalue weighted by molar-refractivity contribution is 6.46. The van der Waals surface area contributed by atoms with Gasteiger partial charge in [-0.25, -0.2) is 0 Å². The highest BCUT2D eigenvalue weighted by Crippen LogP contribution is 2.41. The molecule has 8 nitrogen and oxygen atoms in total. The van der Waals surface area contributed by atoms with Gasteiger partial charge in [0, 0.05) is 19.2 Å². The average Bonchev–Trinajstić information content (AvgIpc) is 3.06. The molecule has 0 radical (unpaired) electrons. The van der Waals surface area contributed by atoms with Crippen LogP contribution in [-0.4, -0.2) is 60.8 Å². The molecule has 1 fully saturated rings. The number of rotatable bonds is 9. The highest BCUT2D eigenvalue weighted by atomic mass is 16.5. The van der Waals surface area contributed by atoms with Crippen LogP contribution in [0.1, 0.15) is 17.2 Å². The van der Waals surface area contributed by atoms with Crippen LogP contribution in [0.3, 0.4) is 0 Å². The molecule has 0 aliphatic carbocycles. The summed E-state index contributed by atoms with van der Waals surface area (Å²) in [5.74, 6) is -1.18. The summed E-state index contributed by atoms with van der Waals surface area (Å²) in [6, 6.07) is 10.2. The molecule has 0 bridgehead atoms. The Morgan fingerprint density at radius 3 is 2.50 bits per heavy atom. The van der Waals surface area contributed by atoms with Gasteiger partial charge in [-0.1, -0.05) is 18.7 Å². The number of amides is 1. The monoisotopic (exact) mass is 439 g/mol. The van der Waals surface area contributed by atoms with Gasteiger partial charge < -0.3 is 29.3 Å². The van der Waals surface area contributed by atoms with Gasteiger partial charge in [0.05, 0.1) is 25.3 Å². The highest BCUT2D eigenvalue weighted by Gasteiger charge is 2.46. The second kappa shape index (κ2) is 10.0. The molecule has 1 aliphatic heterocycles. The molecular formula is C24H25NO7. The summed E-state index contributed by atoms with van der Waals surface area (Å²) in [6.07, 6.45) is 1.61. The second-order valence-corrected chi connectivity index (χ2v) is 7.04. The number of ether oxygens (including phenoxy) is 3. The molecule has 1 amide bonds. The number of carbonyl (C=O) groups excluding carboxylic acids is 2. The molecule has 2 N–H and O–H groups in total. The molecule has 0 saturated carbocycles. The Balaban J connectivity index is 2.10.